The number of H-pyrrole nitrogens is 1. The number of hydrogen-bond donors (Lipinski definition) is 1. The van der Waals surface area contributed by atoms with E-state index in [1.165, 1.54) is 23.2 Å². The van der Waals surface area contributed by atoms with Gasteiger partial charge in [0, 0.05) is 7.05 Å². The van der Waals surface area contributed by atoms with E-state index in [-0.39, 0.29) is 17.5 Å². The van der Waals surface area contributed by atoms with Crippen LogP contribution in [0, 0.1) is 5.82 Å². The molecule has 0 radical (unpaired) electrons. The third-order valence-electron chi connectivity index (χ3n) is 4.44. The van der Waals surface area contributed by atoms with Gasteiger partial charge in [-0.05, 0) is 25.1 Å². The molecule has 4 rings (SSSR count). The van der Waals surface area contributed by atoms with Crippen LogP contribution in [-0.4, -0.2) is 46.2 Å². The number of hydrogen-bond acceptors (Lipinski definition) is 5. The molecule has 2 bridgehead atoms. The van der Waals surface area contributed by atoms with Crippen molar-refractivity contribution in [2.45, 2.75) is 13.0 Å². The summed E-state index contributed by atoms with van der Waals surface area (Å²) in [6.07, 6.45) is 0.886. The Hall–Kier alpha value is -2.87. The Bertz CT molecular complexity index is 1040. The molecule has 27 heavy (non-hydrogen) atoms. The molecule has 1 N–H and O–H groups in total. The normalized spacial score (nSPS) is 17.6. The van der Waals surface area contributed by atoms with Crippen LogP contribution in [0.15, 0.2) is 24.4 Å². The van der Waals surface area contributed by atoms with Crippen LogP contribution in [-0.2, 0) is 0 Å². The minimum absolute atomic E-state index is 0.0580. The summed E-state index contributed by atoms with van der Waals surface area (Å²) in [5, 5.41) is 7.27. The van der Waals surface area contributed by atoms with Crippen LogP contribution in [0.2, 0.25) is 5.02 Å². The van der Waals surface area contributed by atoms with E-state index in [9.17, 15) is 9.18 Å². The van der Waals surface area contributed by atoms with Gasteiger partial charge in [-0.3, -0.25) is 9.89 Å². The van der Waals surface area contributed by atoms with Gasteiger partial charge in [-0.2, -0.15) is 5.10 Å². The summed E-state index contributed by atoms with van der Waals surface area (Å²) in [5.74, 6) is 0.00309. The van der Waals surface area contributed by atoms with Crippen molar-refractivity contribution in [3.8, 4) is 11.5 Å². The number of pyridine rings is 1. The van der Waals surface area contributed by atoms with E-state index in [1.54, 1.807) is 20.0 Å². The quantitative estimate of drug-likeness (QED) is 0.636. The highest BCUT2D eigenvalue weighted by Gasteiger charge is 2.24. The summed E-state index contributed by atoms with van der Waals surface area (Å²) in [4.78, 5) is 18.4. The van der Waals surface area contributed by atoms with Gasteiger partial charge in [0.15, 0.2) is 5.65 Å². The molecule has 1 amide bonds. The van der Waals surface area contributed by atoms with E-state index in [2.05, 4.69) is 15.2 Å². The molecule has 0 unspecified atom stereocenters. The second-order valence-electron chi connectivity index (χ2n) is 6.25. The van der Waals surface area contributed by atoms with Crippen molar-refractivity contribution in [2.75, 3.05) is 20.2 Å². The minimum Gasteiger partial charge on any atom is -0.491 e. The van der Waals surface area contributed by atoms with Gasteiger partial charge < -0.3 is 14.4 Å². The van der Waals surface area contributed by atoms with Gasteiger partial charge in [0.05, 0.1) is 28.7 Å². The highest BCUT2D eigenvalue weighted by Crippen LogP contribution is 2.37. The highest BCUT2D eigenvalue weighted by molar-refractivity contribution is 6.31. The predicted octanol–water partition coefficient (Wildman–Crippen LogP) is 3.35. The fraction of sp³-hybridized carbons (Fsp3) is 0.278. The lowest BCUT2D eigenvalue weighted by Crippen LogP contribution is -2.31. The lowest BCUT2D eigenvalue weighted by atomic mass is 10.1. The number of benzene rings is 1. The number of fused-ring (bicyclic) bond motifs is 2. The van der Waals surface area contributed by atoms with Gasteiger partial charge in [0.2, 0.25) is 0 Å². The van der Waals surface area contributed by atoms with E-state index >= 15 is 0 Å². The van der Waals surface area contributed by atoms with Gasteiger partial charge in [-0.15, -0.1) is 0 Å². The molecule has 0 saturated carbocycles. The number of rotatable bonds is 0. The number of carbonyl (C=O) groups is 1. The zero-order chi connectivity index (χ0) is 19.1. The fourth-order valence-corrected chi connectivity index (χ4v) is 3.32. The molecule has 1 aliphatic rings. The number of carbonyl (C=O) groups excluding carboxylic acids is 1. The van der Waals surface area contributed by atoms with Crippen molar-refractivity contribution in [3.63, 3.8) is 0 Å². The second kappa shape index (κ2) is 6.70. The van der Waals surface area contributed by atoms with Crippen molar-refractivity contribution in [1.82, 2.24) is 20.1 Å². The smallest absolute Gasteiger partial charge is 0.272 e. The minimum atomic E-state index is -0.605. The standard InChI is InChI=1S/C18H16ClFN4O3/c1-9-14-13(4-3-12(20)15(14)19)26-6-5-24(2)18(25)16-11-7-10(27-9)8-21-17(11)23-22-16/h3-4,7-9H,5-6H2,1-2H3,(H,21,22,23)/t9-/m1/s1. The molecule has 0 spiro atoms. The number of amides is 1. The molecule has 1 atom stereocenters. The Labute approximate surface area is 159 Å². The summed E-state index contributed by atoms with van der Waals surface area (Å²) >= 11 is 6.18. The van der Waals surface area contributed by atoms with Gasteiger partial charge in [-0.1, -0.05) is 11.6 Å². The Kier molecular flexibility index (Phi) is 4.35. The molecular formula is C18H16ClFN4O3. The fourth-order valence-electron chi connectivity index (χ4n) is 3.01. The van der Waals surface area contributed by atoms with E-state index in [0.717, 1.165) is 0 Å². The van der Waals surface area contributed by atoms with Gasteiger partial charge in [0.25, 0.3) is 5.91 Å². The maximum absolute atomic E-state index is 14.0. The first-order valence-electron chi connectivity index (χ1n) is 8.32. The summed E-state index contributed by atoms with van der Waals surface area (Å²) in [6.45, 7) is 2.26. The largest absolute Gasteiger partial charge is 0.491 e. The first kappa shape index (κ1) is 17.5. The Balaban J connectivity index is 1.85. The van der Waals surface area contributed by atoms with Crippen molar-refractivity contribution in [2.24, 2.45) is 0 Å². The number of halogens is 2. The molecule has 9 heteroatoms. The van der Waals surface area contributed by atoms with Crippen molar-refractivity contribution < 1.29 is 18.7 Å². The third-order valence-corrected chi connectivity index (χ3v) is 4.83. The molecule has 140 valence electrons. The molecular weight excluding hydrogens is 375 g/mol. The number of ether oxygens (including phenoxy) is 2. The lowest BCUT2D eigenvalue weighted by Gasteiger charge is -2.21. The molecule has 3 aromatic rings. The van der Waals surface area contributed by atoms with Crippen molar-refractivity contribution >= 4 is 28.5 Å². The maximum atomic E-state index is 14.0. The number of aromatic nitrogens is 3. The molecule has 2 aromatic heterocycles. The van der Waals surface area contributed by atoms with Crippen LogP contribution < -0.4 is 9.47 Å². The number of nitrogens with one attached hydrogen (secondary N) is 1. The van der Waals surface area contributed by atoms with Crippen LogP contribution in [0.5, 0.6) is 11.5 Å². The van der Waals surface area contributed by atoms with Gasteiger partial charge in [-0.25, -0.2) is 9.37 Å². The SMILES string of the molecule is C[C@H]1Oc2cnc3n[nH]c(c3c2)C(=O)N(C)CCOc2ccc(F)c(Cl)c21. The van der Waals surface area contributed by atoms with Crippen LogP contribution in [0.1, 0.15) is 29.1 Å². The monoisotopic (exact) mass is 390 g/mol. The maximum Gasteiger partial charge on any atom is 0.272 e. The summed E-state index contributed by atoms with van der Waals surface area (Å²) in [6, 6.07) is 4.42. The summed E-state index contributed by atoms with van der Waals surface area (Å²) in [5.41, 5.74) is 1.12. The lowest BCUT2D eigenvalue weighted by molar-refractivity contribution is 0.0769. The molecule has 3 heterocycles. The molecule has 7 nitrogen and oxygen atoms in total. The molecule has 0 fully saturated rings. The number of aromatic amines is 1. The van der Waals surface area contributed by atoms with Crippen LogP contribution >= 0.6 is 11.6 Å². The number of nitrogens with zero attached hydrogens (tertiary/aromatic N) is 3. The average molecular weight is 391 g/mol. The zero-order valence-corrected chi connectivity index (χ0v) is 15.4. The van der Waals surface area contributed by atoms with Crippen molar-refractivity contribution in [3.05, 3.63) is 46.5 Å². The Morgan fingerprint density at radius 3 is 3.04 bits per heavy atom. The highest BCUT2D eigenvalue weighted by atomic mass is 35.5. The van der Waals surface area contributed by atoms with Gasteiger partial charge in [0.1, 0.15) is 35.7 Å². The van der Waals surface area contributed by atoms with E-state index < -0.39 is 11.9 Å². The second-order valence-corrected chi connectivity index (χ2v) is 6.63. The van der Waals surface area contributed by atoms with E-state index in [0.29, 0.717) is 40.3 Å². The van der Waals surface area contributed by atoms with E-state index in [4.69, 9.17) is 21.1 Å². The molecule has 1 aromatic carbocycles. The van der Waals surface area contributed by atoms with E-state index in [1.807, 2.05) is 0 Å². The van der Waals surface area contributed by atoms with Crippen LogP contribution in [0.4, 0.5) is 4.39 Å². The predicted molar refractivity (Wildman–Crippen MR) is 96.8 cm³/mol. The van der Waals surface area contributed by atoms with Crippen molar-refractivity contribution in [1.29, 1.82) is 0 Å². The zero-order valence-electron chi connectivity index (χ0n) is 14.6. The topological polar surface area (TPSA) is 80.3 Å². The van der Waals surface area contributed by atoms with Crippen LogP contribution in [0.3, 0.4) is 0 Å². The third kappa shape index (κ3) is 3.06. The molecule has 0 aliphatic carbocycles. The average Bonchev–Trinajstić information content (AvgIpc) is 3.06. The Morgan fingerprint density at radius 1 is 1.41 bits per heavy atom. The molecule has 1 aliphatic heterocycles. The first-order chi connectivity index (χ1) is 13.0. The van der Waals surface area contributed by atoms with Gasteiger partial charge >= 0.3 is 0 Å². The first-order valence-corrected chi connectivity index (χ1v) is 8.70. The van der Waals surface area contributed by atoms with Crippen LogP contribution in [0.25, 0.3) is 11.0 Å². The summed E-state index contributed by atoms with van der Waals surface area (Å²) < 4.78 is 25.7. The number of likely N-dealkylation sites (N-methyl/N-ethyl adjacent to an activating group) is 1. The Morgan fingerprint density at radius 2 is 2.22 bits per heavy atom. The summed E-state index contributed by atoms with van der Waals surface area (Å²) in [7, 11) is 1.66. The molecule has 0 saturated heterocycles.